The van der Waals surface area contributed by atoms with E-state index in [4.69, 9.17) is 10.1 Å². The number of aliphatic carboxylic acids is 1. The molecule has 158 valence electrons. The first-order valence-electron chi connectivity index (χ1n) is 10.8. The van der Waals surface area contributed by atoms with Gasteiger partial charge in [0.2, 0.25) is 5.95 Å². The minimum absolute atomic E-state index is 0.0182. The molecule has 0 radical (unpaired) electrons. The molecule has 0 unspecified atom stereocenters. The molecule has 0 atom stereocenters. The third-order valence-electron chi connectivity index (χ3n) is 6.74. The van der Waals surface area contributed by atoms with E-state index in [1.165, 1.54) is 5.56 Å². The molecule has 8 nitrogen and oxygen atoms in total. The van der Waals surface area contributed by atoms with Gasteiger partial charge in [0.1, 0.15) is 0 Å². The number of hydrogen-bond acceptors (Lipinski definition) is 5. The smallest absolute Gasteiger partial charge is 0.327 e. The predicted molar refractivity (Wildman–Crippen MR) is 109 cm³/mol. The van der Waals surface area contributed by atoms with E-state index in [2.05, 4.69) is 16.9 Å². The van der Waals surface area contributed by atoms with Gasteiger partial charge < -0.3 is 14.9 Å². The molecule has 2 fully saturated rings. The van der Waals surface area contributed by atoms with Crippen LogP contribution in [0.25, 0.3) is 0 Å². The van der Waals surface area contributed by atoms with E-state index in [-0.39, 0.29) is 18.5 Å². The second-order valence-corrected chi connectivity index (χ2v) is 8.68. The van der Waals surface area contributed by atoms with E-state index < -0.39 is 5.97 Å². The molecule has 2 aliphatic heterocycles. The summed E-state index contributed by atoms with van der Waals surface area (Å²) in [6.07, 6.45) is 8.68. The number of likely N-dealkylation sites (N-methyl/N-ethyl adjacent to an activating group) is 1. The molecule has 8 heteroatoms. The summed E-state index contributed by atoms with van der Waals surface area (Å²) in [6, 6.07) is 0.271. The van der Waals surface area contributed by atoms with Crippen LogP contribution in [0.15, 0.2) is 6.20 Å². The third-order valence-corrected chi connectivity index (χ3v) is 6.74. The Hall–Kier alpha value is -2.22. The highest BCUT2D eigenvalue weighted by atomic mass is 16.4. The SMILES string of the molecule is CN1CCc2cnc(N3CCN(C4CCC(CCC(=O)O)CC4)C3=O)nc2CC1. The molecule has 29 heavy (non-hydrogen) atoms. The molecule has 2 amide bonds. The van der Waals surface area contributed by atoms with Crippen molar-refractivity contribution in [3.05, 3.63) is 17.5 Å². The number of amides is 2. The lowest BCUT2D eigenvalue weighted by molar-refractivity contribution is -0.137. The van der Waals surface area contributed by atoms with Crippen molar-refractivity contribution in [2.24, 2.45) is 5.92 Å². The first-order valence-corrected chi connectivity index (χ1v) is 10.8. The normalized spacial score (nSPS) is 25.8. The lowest BCUT2D eigenvalue weighted by atomic mass is 9.83. The molecule has 0 spiro atoms. The van der Waals surface area contributed by atoms with Crippen LogP contribution in [0.4, 0.5) is 10.7 Å². The van der Waals surface area contributed by atoms with Crippen LogP contribution in [0, 0.1) is 5.92 Å². The minimum atomic E-state index is -0.718. The molecule has 4 rings (SSSR count). The maximum atomic E-state index is 13.1. The van der Waals surface area contributed by atoms with E-state index in [9.17, 15) is 9.59 Å². The maximum absolute atomic E-state index is 13.1. The zero-order chi connectivity index (χ0) is 20.4. The van der Waals surface area contributed by atoms with E-state index in [0.717, 1.165) is 63.7 Å². The van der Waals surface area contributed by atoms with E-state index >= 15 is 0 Å². The van der Waals surface area contributed by atoms with Gasteiger partial charge in [-0.15, -0.1) is 0 Å². The zero-order valence-electron chi connectivity index (χ0n) is 17.2. The van der Waals surface area contributed by atoms with Crippen LogP contribution in [0.2, 0.25) is 0 Å². The molecule has 3 heterocycles. The predicted octanol–water partition coefficient (Wildman–Crippen LogP) is 2.17. The molecule has 1 saturated carbocycles. The fourth-order valence-electron chi connectivity index (χ4n) is 4.86. The van der Waals surface area contributed by atoms with Crippen LogP contribution >= 0.6 is 0 Å². The first-order chi connectivity index (χ1) is 14.0. The molecule has 0 bridgehead atoms. The Morgan fingerprint density at radius 1 is 1.14 bits per heavy atom. The maximum Gasteiger partial charge on any atom is 0.327 e. The van der Waals surface area contributed by atoms with Gasteiger partial charge in [0.05, 0.1) is 5.69 Å². The number of carbonyl (C=O) groups is 2. The van der Waals surface area contributed by atoms with Crippen LogP contribution in [-0.4, -0.2) is 76.1 Å². The summed E-state index contributed by atoms with van der Waals surface area (Å²) in [6.45, 7) is 3.35. The van der Waals surface area contributed by atoms with Gasteiger partial charge >= 0.3 is 12.0 Å². The van der Waals surface area contributed by atoms with Crippen LogP contribution < -0.4 is 4.90 Å². The van der Waals surface area contributed by atoms with Gasteiger partial charge in [-0.3, -0.25) is 9.69 Å². The number of nitrogens with zero attached hydrogens (tertiary/aromatic N) is 5. The van der Waals surface area contributed by atoms with E-state index in [1.807, 2.05) is 11.1 Å². The number of rotatable bonds is 5. The summed E-state index contributed by atoms with van der Waals surface area (Å²) in [5, 5.41) is 8.87. The first kappa shape index (κ1) is 20.1. The van der Waals surface area contributed by atoms with Gasteiger partial charge in [0.15, 0.2) is 0 Å². The van der Waals surface area contributed by atoms with Crippen molar-refractivity contribution in [3.63, 3.8) is 0 Å². The summed E-state index contributed by atoms with van der Waals surface area (Å²) in [5.41, 5.74) is 2.27. The molecule has 1 aliphatic carbocycles. The monoisotopic (exact) mass is 401 g/mol. The molecule has 3 aliphatic rings. The summed E-state index contributed by atoms with van der Waals surface area (Å²) >= 11 is 0. The van der Waals surface area contributed by atoms with Crippen molar-refractivity contribution < 1.29 is 14.7 Å². The highest BCUT2D eigenvalue weighted by molar-refractivity contribution is 5.92. The second-order valence-electron chi connectivity index (χ2n) is 8.68. The Balaban J connectivity index is 1.37. The van der Waals surface area contributed by atoms with Crippen molar-refractivity contribution in [2.45, 2.75) is 57.4 Å². The molecule has 1 saturated heterocycles. The Kier molecular flexibility index (Phi) is 5.99. The van der Waals surface area contributed by atoms with Crippen molar-refractivity contribution in [1.29, 1.82) is 0 Å². The Morgan fingerprint density at radius 3 is 2.66 bits per heavy atom. The van der Waals surface area contributed by atoms with E-state index in [1.54, 1.807) is 4.90 Å². The average Bonchev–Trinajstić information content (AvgIpc) is 3.00. The summed E-state index contributed by atoms with van der Waals surface area (Å²) in [5.74, 6) is 0.294. The van der Waals surface area contributed by atoms with Crippen molar-refractivity contribution in [1.82, 2.24) is 19.8 Å². The molecule has 0 aromatic carbocycles. The second kappa shape index (κ2) is 8.65. The van der Waals surface area contributed by atoms with Gasteiger partial charge in [-0.1, -0.05) is 0 Å². The van der Waals surface area contributed by atoms with Gasteiger partial charge in [0.25, 0.3) is 0 Å². The Morgan fingerprint density at radius 2 is 1.90 bits per heavy atom. The standard InChI is InChI=1S/C21H31N5O3/c1-24-10-8-16-14-22-20(23-18(16)9-11-24)26-13-12-25(21(26)29)17-5-2-15(3-6-17)4-7-19(27)28/h14-15,17H,2-13H2,1H3,(H,27,28). The summed E-state index contributed by atoms with van der Waals surface area (Å²) < 4.78 is 0. The molecular weight excluding hydrogens is 370 g/mol. The molecule has 1 aromatic rings. The van der Waals surface area contributed by atoms with Crippen molar-refractivity contribution in [2.75, 3.05) is 38.1 Å². The number of carboxylic acid groups (broad SMARTS) is 1. The van der Waals surface area contributed by atoms with Gasteiger partial charge in [-0.25, -0.2) is 14.8 Å². The molecule has 1 aromatic heterocycles. The summed E-state index contributed by atoms with van der Waals surface area (Å²) in [4.78, 5) is 39.1. The van der Waals surface area contributed by atoms with Crippen LogP contribution in [0.5, 0.6) is 0 Å². The highest BCUT2D eigenvalue weighted by Crippen LogP contribution is 2.32. The zero-order valence-corrected chi connectivity index (χ0v) is 17.2. The highest BCUT2D eigenvalue weighted by Gasteiger charge is 2.37. The number of aromatic nitrogens is 2. The number of urea groups is 1. The van der Waals surface area contributed by atoms with Crippen LogP contribution in [0.3, 0.4) is 0 Å². The van der Waals surface area contributed by atoms with Gasteiger partial charge in [-0.2, -0.15) is 0 Å². The number of carboxylic acids is 1. The fourth-order valence-corrected chi connectivity index (χ4v) is 4.86. The van der Waals surface area contributed by atoms with E-state index in [0.29, 0.717) is 25.0 Å². The minimum Gasteiger partial charge on any atom is -0.481 e. The molecular formula is C21H31N5O3. The Labute approximate surface area is 171 Å². The third kappa shape index (κ3) is 4.52. The van der Waals surface area contributed by atoms with Crippen molar-refractivity contribution in [3.8, 4) is 0 Å². The van der Waals surface area contributed by atoms with Gasteiger partial charge in [0, 0.05) is 51.3 Å². The summed E-state index contributed by atoms with van der Waals surface area (Å²) in [7, 11) is 2.12. The number of carbonyl (C=O) groups excluding carboxylic acids is 1. The lowest BCUT2D eigenvalue weighted by Crippen LogP contribution is -2.41. The Bertz CT molecular complexity index is 763. The van der Waals surface area contributed by atoms with Crippen LogP contribution in [-0.2, 0) is 17.6 Å². The topological polar surface area (TPSA) is 89.9 Å². The molecule has 1 N–H and O–H groups in total. The van der Waals surface area contributed by atoms with Gasteiger partial charge in [-0.05, 0) is 57.1 Å². The lowest BCUT2D eigenvalue weighted by Gasteiger charge is -2.34. The average molecular weight is 402 g/mol. The van der Waals surface area contributed by atoms with Crippen LogP contribution in [0.1, 0.15) is 49.8 Å². The number of fused-ring (bicyclic) bond motifs is 1. The largest absolute Gasteiger partial charge is 0.481 e. The number of hydrogen-bond donors (Lipinski definition) is 1. The quantitative estimate of drug-likeness (QED) is 0.813. The number of anilines is 1. The van der Waals surface area contributed by atoms with Crippen molar-refractivity contribution >= 4 is 17.9 Å². The fraction of sp³-hybridized carbons (Fsp3) is 0.714.